The molecule has 1 aliphatic heterocycles. The molecule has 1 amide bonds. The molecule has 4 N–H and O–H groups in total. The Labute approximate surface area is 249 Å². The van der Waals surface area contributed by atoms with E-state index in [1.807, 2.05) is 13.1 Å². The zero-order chi connectivity index (χ0) is 30.4. The van der Waals surface area contributed by atoms with Gasteiger partial charge in [-0.3, -0.25) is 4.79 Å². The van der Waals surface area contributed by atoms with Crippen LogP contribution in [0.5, 0.6) is 5.75 Å². The maximum Gasteiger partial charge on any atom is 0.247 e. The molecule has 0 bridgehead atoms. The SMILES string of the molecule is C=CC(=O)Nc1cc(Nc2ncnc(Nc3cc(Cl)c(F)cc3C(C)(C)O)n2)c(OC)cc1N(C)CCN1CCCC1. The van der Waals surface area contributed by atoms with Gasteiger partial charge in [-0.1, -0.05) is 18.2 Å². The number of aromatic nitrogens is 3. The van der Waals surface area contributed by atoms with Gasteiger partial charge in [0.25, 0.3) is 0 Å². The third kappa shape index (κ3) is 7.64. The van der Waals surface area contributed by atoms with Crippen molar-refractivity contribution in [3.63, 3.8) is 0 Å². The van der Waals surface area contributed by atoms with E-state index in [4.69, 9.17) is 16.3 Å². The van der Waals surface area contributed by atoms with E-state index in [0.717, 1.165) is 31.9 Å². The number of rotatable bonds is 12. The maximum atomic E-state index is 14.2. The van der Waals surface area contributed by atoms with Crippen molar-refractivity contribution in [2.24, 2.45) is 0 Å². The molecule has 0 unspecified atom stereocenters. The van der Waals surface area contributed by atoms with E-state index < -0.39 is 11.4 Å². The summed E-state index contributed by atoms with van der Waals surface area (Å²) in [5.41, 5.74) is 1.05. The second-order valence-corrected chi connectivity index (χ2v) is 10.9. The number of benzene rings is 2. The van der Waals surface area contributed by atoms with Gasteiger partial charge >= 0.3 is 0 Å². The minimum Gasteiger partial charge on any atom is -0.494 e. The van der Waals surface area contributed by atoms with Crippen LogP contribution in [-0.2, 0) is 10.4 Å². The first kappa shape index (κ1) is 30.9. The minimum atomic E-state index is -1.37. The van der Waals surface area contributed by atoms with Gasteiger partial charge < -0.3 is 35.6 Å². The quantitative estimate of drug-likeness (QED) is 0.210. The molecule has 0 radical (unpaired) electrons. The van der Waals surface area contributed by atoms with Crippen LogP contribution < -0.4 is 25.6 Å². The molecule has 13 heteroatoms. The summed E-state index contributed by atoms with van der Waals surface area (Å²) in [7, 11) is 3.52. The number of hydrogen-bond acceptors (Lipinski definition) is 10. The van der Waals surface area contributed by atoms with Gasteiger partial charge in [0.05, 0.1) is 34.8 Å². The first-order chi connectivity index (χ1) is 20.0. The number of methoxy groups -OCH3 is 1. The lowest BCUT2D eigenvalue weighted by Gasteiger charge is -2.26. The molecule has 1 saturated heterocycles. The van der Waals surface area contributed by atoms with Crippen molar-refractivity contribution < 1.29 is 19.0 Å². The fourth-order valence-corrected chi connectivity index (χ4v) is 4.83. The summed E-state index contributed by atoms with van der Waals surface area (Å²) >= 11 is 6.01. The number of carbonyl (C=O) groups excluding carboxylic acids is 1. The molecule has 0 spiro atoms. The van der Waals surface area contributed by atoms with Crippen LogP contribution in [0.15, 0.2) is 43.2 Å². The number of carbonyl (C=O) groups is 1. The number of amides is 1. The molecular weight excluding hydrogens is 563 g/mol. The van der Waals surface area contributed by atoms with Gasteiger partial charge in [0.1, 0.15) is 17.9 Å². The summed E-state index contributed by atoms with van der Waals surface area (Å²) in [5, 5.41) is 19.4. The predicted octanol–water partition coefficient (Wildman–Crippen LogP) is 5.04. The molecule has 42 heavy (non-hydrogen) atoms. The number of halogens is 2. The Morgan fingerprint density at radius 1 is 1.17 bits per heavy atom. The van der Waals surface area contributed by atoms with Crippen molar-refractivity contribution in [1.82, 2.24) is 19.9 Å². The van der Waals surface area contributed by atoms with Crippen molar-refractivity contribution in [2.75, 3.05) is 61.2 Å². The molecule has 4 rings (SSSR count). The zero-order valence-electron chi connectivity index (χ0n) is 24.2. The van der Waals surface area contributed by atoms with Gasteiger partial charge in [-0.15, -0.1) is 0 Å². The van der Waals surface area contributed by atoms with Crippen LogP contribution in [0.25, 0.3) is 0 Å². The van der Waals surface area contributed by atoms with Gasteiger partial charge in [0.2, 0.25) is 17.8 Å². The average molecular weight is 599 g/mol. The van der Waals surface area contributed by atoms with Gasteiger partial charge in [0.15, 0.2) is 0 Å². The second-order valence-electron chi connectivity index (χ2n) is 10.5. The number of aliphatic hydroxyl groups is 1. The number of nitrogens with zero attached hydrogens (tertiary/aromatic N) is 5. The van der Waals surface area contributed by atoms with Crippen LogP contribution in [0.4, 0.5) is 39.0 Å². The van der Waals surface area contributed by atoms with Gasteiger partial charge in [-0.05, 0) is 64.1 Å². The molecule has 11 nitrogen and oxygen atoms in total. The molecular formula is C29H36ClFN8O3. The molecule has 1 aromatic heterocycles. The molecule has 0 saturated carbocycles. The van der Waals surface area contributed by atoms with Crippen molar-refractivity contribution in [1.29, 1.82) is 0 Å². The summed E-state index contributed by atoms with van der Waals surface area (Å²) in [6.07, 6.45) is 4.93. The minimum absolute atomic E-state index is 0.123. The number of hydrogen-bond donors (Lipinski definition) is 4. The fraction of sp³-hybridized carbons (Fsp3) is 0.379. The summed E-state index contributed by atoms with van der Waals surface area (Å²) in [6, 6.07) is 6.10. The van der Waals surface area contributed by atoms with Crippen LogP contribution in [0.3, 0.4) is 0 Å². The van der Waals surface area contributed by atoms with Gasteiger partial charge in [-0.25, -0.2) is 14.4 Å². The summed E-state index contributed by atoms with van der Waals surface area (Å²) in [6.45, 7) is 10.5. The van der Waals surface area contributed by atoms with E-state index in [9.17, 15) is 14.3 Å². The predicted molar refractivity (Wildman–Crippen MR) is 164 cm³/mol. The Kier molecular flexibility index (Phi) is 9.81. The highest BCUT2D eigenvalue weighted by molar-refractivity contribution is 6.31. The lowest BCUT2D eigenvalue weighted by molar-refractivity contribution is -0.111. The summed E-state index contributed by atoms with van der Waals surface area (Å²) < 4.78 is 19.8. The fourth-order valence-electron chi connectivity index (χ4n) is 4.67. The molecule has 3 aromatic rings. The van der Waals surface area contributed by atoms with Gasteiger partial charge in [-0.2, -0.15) is 4.98 Å². The van der Waals surface area contributed by atoms with E-state index in [-0.39, 0.29) is 28.4 Å². The van der Waals surface area contributed by atoms with Crippen LogP contribution >= 0.6 is 11.6 Å². The van der Waals surface area contributed by atoms with Crippen LogP contribution in [-0.4, -0.2) is 71.2 Å². The van der Waals surface area contributed by atoms with Crippen molar-refractivity contribution in [3.8, 4) is 5.75 Å². The van der Waals surface area contributed by atoms with E-state index >= 15 is 0 Å². The highest BCUT2D eigenvalue weighted by atomic mass is 35.5. The van der Waals surface area contributed by atoms with E-state index in [1.165, 1.54) is 51.2 Å². The molecule has 1 aliphatic rings. The highest BCUT2D eigenvalue weighted by Crippen LogP contribution is 2.38. The largest absolute Gasteiger partial charge is 0.494 e. The zero-order valence-corrected chi connectivity index (χ0v) is 24.9. The topological polar surface area (TPSA) is 128 Å². The maximum absolute atomic E-state index is 14.2. The second kappa shape index (κ2) is 13.3. The standard InChI is InChI=1S/C29H36ClFN8O3/c1-6-26(40)34-22-15-23(25(42-5)16-24(22)38(4)11-12-39-9-7-8-10-39)36-28-33-17-32-27(37-28)35-21-14-19(30)20(31)13-18(21)29(2,3)41/h6,13-17,41H,1,7-12H2,2-5H3,(H,34,40)(H2,32,33,35,36,37). The Hall–Kier alpha value is -4.00. The first-order valence-corrected chi connectivity index (χ1v) is 13.9. The van der Waals surface area contributed by atoms with Crippen LogP contribution in [0.2, 0.25) is 5.02 Å². The van der Waals surface area contributed by atoms with Crippen molar-refractivity contribution in [2.45, 2.75) is 32.3 Å². The van der Waals surface area contributed by atoms with Crippen LogP contribution in [0, 0.1) is 5.82 Å². The van der Waals surface area contributed by atoms with E-state index in [2.05, 4.69) is 47.3 Å². The Bertz CT molecular complexity index is 1440. The Morgan fingerprint density at radius 3 is 2.45 bits per heavy atom. The van der Waals surface area contributed by atoms with Gasteiger partial charge in [0, 0.05) is 37.5 Å². The van der Waals surface area contributed by atoms with Crippen molar-refractivity contribution in [3.05, 3.63) is 59.7 Å². The Balaban J connectivity index is 1.62. The average Bonchev–Trinajstić information content (AvgIpc) is 3.47. The number of anilines is 6. The number of nitrogens with one attached hydrogen (secondary N) is 3. The lowest BCUT2D eigenvalue weighted by Crippen LogP contribution is -2.32. The van der Waals surface area contributed by atoms with E-state index in [1.54, 1.807) is 13.2 Å². The van der Waals surface area contributed by atoms with Crippen LogP contribution in [0.1, 0.15) is 32.3 Å². The number of likely N-dealkylation sites (N-methyl/N-ethyl adjacent to an activating group) is 1. The Morgan fingerprint density at radius 2 is 1.83 bits per heavy atom. The summed E-state index contributed by atoms with van der Waals surface area (Å²) in [4.78, 5) is 29.6. The summed E-state index contributed by atoms with van der Waals surface area (Å²) in [5.74, 6) is -0.223. The highest BCUT2D eigenvalue weighted by Gasteiger charge is 2.23. The molecule has 1 fully saturated rings. The normalized spacial score (nSPS) is 13.5. The monoisotopic (exact) mass is 598 g/mol. The number of likely N-dealkylation sites (tertiary alicyclic amines) is 1. The van der Waals surface area contributed by atoms with E-state index in [0.29, 0.717) is 22.8 Å². The molecule has 224 valence electrons. The third-order valence-corrected chi connectivity index (χ3v) is 7.20. The molecule has 0 aliphatic carbocycles. The third-order valence-electron chi connectivity index (χ3n) is 6.91. The smallest absolute Gasteiger partial charge is 0.247 e. The number of ether oxygens (including phenoxy) is 1. The lowest BCUT2D eigenvalue weighted by atomic mass is 9.96. The molecule has 2 heterocycles. The van der Waals surface area contributed by atoms with Crippen molar-refractivity contribution >= 4 is 52.2 Å². The molecule has 0 atom stereocenters. The first-order valence-electron chi connectivity index (χ1n) is 13.5. The molecule has 2 aromatic carbocycles.